The lowest BCUT2D eigenvalue weighted by atomic mass is 9.93. The maximum absolute atomic E-state index is 14.6. The molecule has 5 fully saturated rings. The average molecular weight is 667 g/mol. The van der Waals surface area contributed by atoms with Crippen LogP contribution in [0.4, 0.5) is 14.6 Å². The summed E-state index contributed by atoms with van der Waals surface area (Å²) in [6.45, 7) is 5.60. The van der Waals surface area contributed by atoms with E-state index in [9.17, 15) is 18.8 Å². The van der Waals surface area contributed by atoms with Gasteiger partial charge in [0.05, 0.1) is 30.2 Å². The zero-order valence-electron chi connectivity index (χ0n) is 27.5. The summed E-state index contributed by atoms with van der Waals surface area (Å²) < 4.78 is 41.8. The molecule has 2 saturated carbocycles. The van der Waals surface area contributed by atoms with E-state index in [2.05, 4.69) is 41.8 Å². The standard InChI is InChI=1S/C38H40F2N6O3/c1-22(39)36(47)46-15-14-44(20-25(46)10-12-41)35-30-9-8-29(27-4-2-5-28-31-16-23(31)17-32(27)28)34(49-26-6-7-26)33(30)42-37(43-35)48-21-38-11-3-13-45(38)19-24(40)18-38/h2,4-5,8-9,23-26,31H,1,3,6-7,10-11,13-21H2/t23-,24-,25+,31-,38+/m1/s1. The molecule has 11 heteroatoms. The number of alkyl halides is 1. The summed E-state index contributed by atoms with van der Waals surface area (Å²) in [4.78, 5) is 28.3. The van der Waals surface area contributed by atoms with Gasteiger partial charge in [-0.2, -0.15) is 15.2 Å². The molecule has 3 aromatic rings. The average Bonchev–Trinajstić information content (AvgIpc) is 3.97. The minimum atomic E-state index is -1.04. The predicted octanol–water partition coefficient (Wildman–Crippen LogP) is 5.87. The largest absolute Gasteiger partial charge is 0.487 e. The third-order valence-corrected chi connectivity index (χ3v) is 11.7. The molecule has 2 aromatic carbocycles. The zero-order valence-corrected chi connectivity index (χ0v) is 27.5. The summed E-state index contributed by atoms with van der Waals surface area (Å²) in [5, 5.41) is 10.4. The number of nitrogens with zero attached hydrogens (tertiary/aromatic N) is 6. The Hall–Kier alpha value is -4.30. The van der Waals surface area contributed by atoms with Crippen molar-refractivity contribution in [3.8, 4) is 29.0 Å². The molecule has 6 aliphatic rings. The second kappa shape index (κ2) is 11.7. The molecular weight excluding hydrogens is 626 g/mol. The highest BCUT2D eigenvalue weighted by molar-refractivity contribution is 5.99. The molecule has 0 bridgehead atoms. The quantitative estimate of drug-likeness (QED) is 0.262. The molecule has 1 aromatic heterocycles. The highest BCUT2D eigenvalue weighted by Crippen LogP contribution is 2.58. The first-order valence-electron chi connectivity index (χ1n) is 17.7. The van der Waals surface area contributed by atoms with Crippen LogP contribution < -0.4 is 14.4 Å². The summed E-state index contributed by atoms with van der Waals surface area (Å²) in [7, 11) is 0. The van der Waals surface area contributed by atoms with Crippen molar-refractivity contribution in [2.75, 3.05) is 44.2 Å². The molecule has 0 radical (unpaired) electrons. The Morgan fingerprint density at radius 1 is 1.12 bits per heavy atom. The van der Waals surface area contributed by atoms with Crippen LogP contribution in [0.2, 0.25) is 0 Å². The summed E-state index contributed by atoms with van der Waals surface area (Å²) in [6, 6.07) is 12.6. The smallest absolute Gasteiger partial charge is 0.319 e. The number of ether oxygens (including phenoxy) is 2. The molecule has 1 amide bonds. The summed E-state index contributed by atoms with van der Waals surface area (Å²) >= 11 is 0. The van der Waals surface area contributed by atoms with Crippen LogP contribution in [0.15, 0.2) is 42.7 Å². The minimum absolute atomic E-state index is 0.0337. The first-order valence-corrected chi connectivity index (χ1v) is 17.7. The van der Waals surface area contributed by atoms with Crippen LogP contribution in [0.3, 0.4) is 0 Å². The molecule has 9 nitrogen and oxygen atoms in total. The zero-order chi connectivity index (χ0) is 33.4. The second-order valence-electron chi connectivity index (χ2n) is 14.9. The van der Waals surface area contributed by atoms with Crippen molar-refractivity contribution in [3.63, 3.8) is 0 Å². The number of fused-ring (bicyclic) bond motifs is 5. The Labute approximate surface area is 284 Å². The number of halogens is 2. The van der Waals surface area contributed by atoms with Crippen LogP contribution in [-0.4, -0.2) is 88.9 Å². The van der Waals surface area contributed by atoms with Crippen molar-refractivity contribution in [2.24, 2.45) is 5.92 Å². The van der Waals surface area contributed by atoms with Crippen LogP contribution in [0, 0.1) is 17.2 Å². The topological polar surface area (TPSA) is 94.8 Å². The maximum atomic E-state index is 14.6. The van der Waals surface area contributed by atoms with Crippen molar-refractivity contribution < 1.29 is 23.0 Å². The Morgan fingerprint density at radius 3 is 2.82 bits per heavy atom. The Kier molecular flexibility index (Phi) is 7.31. The lowest BCUT2D eigenvalue weighted by Gasteiger charge is -2.41. The van der Waals surface area contributed by atoms with Gasteiger partial charge in [0.1, 0.15) is 24.1 Å². The molecule has 254 valence electrons. The van der Waals surface area contributed by atoms with Gasteiger partial charge in [-0.25, -0.2) is 8.78 Å². The predicted molar refractivity (Wildman–Crippen MR) is 180 cm³/mol. The van der Waals surface area contributed by atoms with E-state index in [1.807, 2.05) is 11.0 Å². The van der Waals surface area contributed by atoms with E-state index < -0.39 is 23.9 Å². The second-order valence-corrected chi connectivity index (χ2v) is 14.9. The molecule has 49 heavy (non-hydrogen) atoms. The lowest BCUT2D eigenvalue weighted by Crippen LogP contribution is -2.55. The fourth-order valence-electron chi connectivity index (χ4n) is 9.07. The van der Waals surface area contributed by atoms with Crippen molar-refractivity contribution >= 4 is 22.6 Å². The number of hydrogen-bond donors (Lipinski definition) is 0. The fraction of sp³-hybridized carbons (Fsp3) is 0.526. The Balaban J connectivity index is 1.15. The number of aromatic nitrogens is 2. The molecule has 0 N–H and O–H groups in total. The van der Waals surface area contributed by atoms with Crippen LogP contribution >= 0.6 is 0 Å². The fourth-order valence-corrected chi connectivity index (χ4v) is 9.07. The first-order chi connectivity index (χ1) is 23.8. The van der Waals surface area contributed by atoms with Gasteiger partial charge < -0.3 is 19.3 Å². The van der Waals surface area contributed by atoms with Crippen LogP contribution in [0.25, 0.3) is 22.0 Å². The number of carbonyl (C=O) groups excluding carboxylic acids is 1. The van der Waals surface area contributed by atoms with Crippen LogP contribution in [-0.2, 0) is 11.2 Å². The van der Waals surface area contributed by atoms with Gasteiger partial charge in [-0.3, -0.25) is 9.69 Å². The summed E-state index contributed by atoms with van der Waals surface area (Å²) in [5.41, 5.74) is 5.29. The number of carbonyl (C=O) groups is 1. The molecule has 5 atom stereocenters. The van der Waals surface area contributed by atoms with Gasteiger partial charge in [0, 0.05) is 43.5 Å². The van der Waals surface area contributed by atoms with Gasteiger partial charge in [0.25, 0.3) is 5.91 Å². The molecule has 9 rings (SSSR count). The van der Waals surface area contributed by atoms with Crippen LogP contribution in [0.5, 0.6) is 11.8 Å². The van der Waals surface area contributed by atoms with Gasteiger partial charge in [0.15, 0.2) is 11.6 Å². The van der Waals surface area contributed by atoms with Crippen LogP contribution in [0.1, 0.15) is 62.0 Å². The molecule has 0 unspecified atom stereocenters. The van der Waals surface area contributed by atoms with E-state index in [-0.39, 0.29) is 43.8 Å². The highest BCUT2D eigenvalue weighted by atomic mass is 19.1. The lowest BCUT2D eigenvalue weighted by molar-refractivity contribution is -0.131. The summed E-state index contributed by atoms with van der Waals surface area (Å²) in [5.74, 6) is 0.876. The summed E-state index contributed by atoms with van der Waals surface area (Å²) in [6.07, 6.45) is 5.84. The number of hydrogen-bond acceptors (Lipinski definition) is 8. The normalized spacial score (nSPS) is 28.6. The van der Waals surface area contributed by atoms with Crippen molar-refractivity contribution in [1.29, 1.82) is 5.26 Å². The van der Waals surface area contributed by atoms with Crippen molar-refractivity contribution in [1.82, 2.24) is 19.8 Å². The molecule has 3 saturated heterocycles. The van der Waals surface area contributed by atoms with E-state index in [1.54, 1.807) is 0 Å². The minimum Gasteiger partial charge on any atom is -0.487 e. The Bertz CT molecular complexity index is 1910. The SMILES string of the molecule is C=C(F)C(=O)N1CCN(c2nc(OC[C@@]34CCCN3C[C@H](F)C4)nc3c(OC4CC4)c(-c4cccc5c4C[C@H]4C[C@@H]54)ccc23)C[C@@H]1CC#N. The number of benzene rings is 2. The number of nitriles is 1. The number of rotatable bonds is 9. The molecular formula is C38H40F2N6O3. The molecule has 3 aliphatic heterocycles. The van der Waals surface area contributed by atoms with Crippen molar-refractivity contribution in [2.45, 2.75) is 81.1 Å². The number of piperazine rings is 1. The van der Waals surface area contributed by atoms with E-state index in [4.69, 9.17) is 19.4 Å². The number of anilines is 1. The highest BCUT2D eigenvalue weighted by Gasteiger charge is 2.50. The molecule has 3 aliphatic carbocycles. The van der Waals surface area contributed by atoms with Gasteiger partial charge in [-0.05, 0) is 85.7 Å². The van der Waals surface area contributed by atoms with E-state index in [0.29, 0.717) is 42.5 Å². The van der Waals surface area contributed by atoms with E-state index >= 15 is 0 Å². The van der Waals surface area contributed by atoms with Gasteiger partial charge >= 0.3 is 6.01 Å². The van der Waals surface area contributed by atoms with Gasteiger partial charge in [-0.1, -0.05) is 24.8 Å². The Morgan fingerprint density at radius 2 is 2.00 bits per heavy atom. The number of amides is 1. The van der Waals surface area contributed by atoms with E-state index in [1.165, 1.54) is 28.0 Å². The first kappa shape index (κ1) is 30.7. The third-order valence-electron chi connectivity index (χ3n) is 11.7. The van der Waals surface area contributed by atoms with Crippen molar-refractivity contribution in [3.05, 3.63) is 53.9 Å². The van der Waals surface area contributed by atoms with Gasteiger partial charge in [0.2, 0.25) is 0 Å². The monoisotopic (exact) mass is 666 g/mol. The maximum Gasteiger partial charge on any atom is 0.319 e. The third kappa shape index (κ3) is 5.30. The van der Waals surface area contributed by atoms with E-state index in [0.717, 1.165) is 55.5 Å². The molecule has 0 spiro atoms. The molecule has 4 heterocycles. The van der Waals surface area contributed by atoms with Gasteiger partial charge in [-0.15, -0.1) is 0 Å².